The molecule has 74 valence electrons. The maximum atomic E-state index is 5.51. The van der Waals surface area contributed by atoms with Crippen LogP contribution in [0.4, 0.5) is 0 Å². The second-order valence-corrected chi connectivity index (χ2v) is 3.80. The molecule has 1 atom stereocenters. The smallest absolute Gasteiger partial charge is 0.0985 e. The van der Waals surface area contributed by atoms with Gasteiger partial charge in [-0.2, -0.15) is 5.10 Å². The molecule has 6 heteroatoms. The Bertz CT molecular complexity index is 394. The van der Waals surface area contributed by atoms with Gasteiger partial charge in [-0.3, -0.25) is 15.5 Å². The van der Waals surface area contributed by atoms with Gasteiger partial charge in [0.1, 0.15) is 0 Å². The minimum atomic E-state index is -0.0324. The van der Waals surface area contributed by atoms with Gasteiger partial charge in [-0.1, -0.05) is 0 Å². The molecule has 5 nitrogen and oxygen atoms in total. The third-order valence-electron chi connectivity index (χ3n) is 2.06. The lowest BCUT2D eigenvalue weighted by Gasteiger charge is -2.13. The fourth-order valence-corrected chi connectivity index (χ4v) is 2.04. The minimum Gasteiger partial charge on any atom is -0.271 e. The Kier molecular flexibility index (Phi) is 2.58. The van der Waals surface area contributed by atoms with Crippen molar-refractivity contribution in [2.45, 2.75) is 6.04 Å². The van der Waals surface area contributed by atoms with Crippen LogP contribution >= 0.6 is 11.3 Å². The Balaban J connectivity index is 2.36. The molecule has 2 aromatic rings. The summed E-state index contributed by atoms with van der Waals surface area (Å²) in [5.41, 5.74) is 5.57. The van der Waals surface area contributed by atoms with Crippen LogP contribution in [-0.4, -0.2) is 14.8 Å². The SMILES string of the molecule is Cn1nccc1C(NN)c1cncs1. The zero-order chi connectivity index (χ0) is 9.97. The molecule has 0 aliphatic heterocycles. The topological polar surface area (TPSA) is 68.8 Å². The number of thiazole rings is 1. The summed E-state index contributed by atoms with van der Waals surface area (Å²) >= 11 is 1.57. The zero-order valence-corrected chi connectivity index (χ0v) is 8.53. The maximum Gasteiger partial charge on any atom is 0.0985 e. The summed E-state index contributed by atoms with van der Waals surface area (Å²) < 4.78 is 1.80. The fraction of sp³-hybridized carbons (Fsp3) is 0.250. The highest BCUT2D eigenvalue weighted by atomic mass is 32.1. The summed E-state index contributed by atoms with van der Waals surface area (Å²) in [7, 11) is 1.89. The van der Waals surface area contributed by atoms with Crippen molar-refractivity contribution in [3.05, 3.63) is 34.5 Å². The molecule has 14 heavy (non-hydrogen) atoms. The molecule has 0 aliphatic carbocycles. The number of hydrogen-bond donors (Lipinski definition) is 2. The van der Waals surface area contributed by atoms with E-state index in [2.05, 4.69) is 15.5 Å². The molecule has 0 saturated heterocycles. The van der Waals surface area contributed by atoms with Crippen LogP contribution in [0.15, 0.2) is 24.0 Å². The molecule has 0 saturated carbocycles. The lowest BCUT2D eigenvalue weighted by Crippen LogP contribution is -2.29. The number of hydrogen-bond acceptors (Lipinski definition) is 5. The number of hydrazine groups is 1. The van der Waals surface area contributed by atoms with Crippen molar-refractivity contribution in [3.63, 3.8) is 0 Å². The van der Waals surface area contributed by atoms with Gasteiger partial charge >= 0.3 is 0 Å². The highest BCUT2D eigenvalue weighted by molar-refractivity contribution is 7.09. The summed E-state index contributed by atoms with van der Waals surface area (Å²) in [6.07, 6.45) is 3.56. The van der Waals surface area contributed by atoms with Crippen molar-refractivity contribution >= 4 is 11.3 Å². The largest absolute Gasteiger partial charge is 0.271 e. The van der Waals surface area contributed by atoms with Crippen LogP contribution in [-0.2, 0) is 7.05 Å². The highest BCUT2D eigenvalue weighted by Crippen LogP contribution is 2.23. The van der Waals surface area contributed by atoms with Gasteiger partial charge in [-0.15, -0.1) is 11.3 Å². The molecule has 0 amide bonds. The van der Waals surface area contributed by atoms with Gasteiger partial charge in [-0.25, -0.2) is 5.43 Å². The predicted molar refractivity (Wildman–Crippen MR) is 54.5 cm³/mol. The molecule has 0 aliphatic rings. The van der Waals surface area contributed by atoms with Crippen LogP contribution in [0, 0.1) is 0 Å². The predicted octanol–water partition coefficient (Wildman–Crippen LogP) is 0.429. The van der Waals surface area contributed by atoms with Crippen LogP contribution in [0.5, 0.6) is 0 Å². The fourth-order valence-electron chi connectivity index (χ4n) is 1.35. The number of nitrogens with one attached hydrogen (secondary N) is 1. The van der Waals surface area contributed by atoms with E-state index in [9.17, 15) is 0 Å². The first-order valence-corrected chi connectivity index (χ1v) is 5.03. The van der Waals surface area contributed by atoms with Gasteiger partial charge in [0.2, 0.25) is 0 Å². The zero-order valence-electron chi connectivity index (χ0n) is 7.71. The Morgan fingerprint density at radius 3 is 3.00 bits per heavy atom. The molecule has 0 radical (unpaired) electrons. The van der Waals surface area contributed by atoms with Crippen molar-refractivity contribution in [1.82, 2.24) is 20.2 Å². The Morgan fingerprint density at radius 1 is 1.64 bits per heavy atom. The number of nitrogens with two attached hydrogens (primary N) is 1. The summed E-state index contributed by atoms with van der Waals surface area (Å²) in [6.45, 7) is 0. The molecule has 0 spiro atoms. The molecule has 2 rings (SSSR count). The first kappa shape index (κ1) is 9.32. The maximum absolute atomic E-state index is 5.51. The van der Waals surface area contributed by atoms with Crippen LogP contribution in [0.25, 0.3) is 0 Å². The van der Waals surface area contributed by atoms with Crippen molar-refractivity contribution in [2.24, 2.45) is 12.9 Å². The number of nitrogens with zero attached hydrogens (tertiary/aromatic N) is 3. The first-order valence-electron chi connectivity index (χ1n) is 4.15. The quantitative estimate of drug-likeness (QED) is 0.568. The lowest BCUT2D eigenvalue weighted by atomic mass is 10.2. The summed E-state index contributed by atoms with van der Waals surface area (Å²) in [5.74, 6) is 5.51. The van der Waals surface area contributed by atoms with Crippen LogP contribution < -0.4 is 11.3 Å². The van der Waals surface area contributed by atoms with E-state index in [-0.39, 0.29) is 6.04 Å². The third-order valence-corrected chi connectivity index (χ3v) is 2.90. The van der Waals surface area contributed by atoms with E-state index in [4.69, 9.17) is 5.84 Å². The van der Waals surface area contributed by atoms with Gasteiger partial charge in [0.15, 0.2) is 0 Å². The normalized spacial score (nSPS) is 13.0. The van der Waals surface area contributed by atoms with Crippen molar-refractivity contribution < 1.29 is 0 Å². The summed E-state index contributed by atoms with van der Waals surface area (Å²) in [6, 6.07) is 1.90. The van der Waals surface area contributed by atoms with Crippen LogP contribution in [0.1, 0.15) is 16.6 Å². The van der Waals surface area contributed by atoms with E-state index in [1.165, 1.54) is 0 Å². The third kappa shape index (κ3) is 1.54. The number of aryl methyl sites for hydroxylation is 1. The van der Waals surface area contributed by atoms with Crippen LogP contribution in [0.2, 0.25) is 0 Å². The van der Waals surface area contributed by atoms with Gasteiger partial charge in [0.05, 0.1) is 17.2 Å². The molecular formula is C8H11N5S. The van der Waals surface area contributed by atoms with Crippen molar-refractivity contribution in [2.75, 3.05) is 0 Å². The molecule has 2 heterocycles. The monoisotopic (exact) mass is 209 g/mol. The molecule has 0 fully saturated rings. The Morgan fingerprint density at radius 2 is 2.50 bits per heavy atom. The standard InChI is InChI=1S/C8H11N5S/c1-13-6(2-3-11-13)8(12-9)7-4-10-5-14-7/h2-5,8,12H,9H2,1H3. The van der Waals surface area contributed by atoms with E-state index in [0.717, 1.165) is 10.6 Å². The van der Waals surface area contributed by atoms with Gasteiger partial charge in [-0.05, 0) is 6.07 Å². The van der Waals surface area contributed by atoms with E-state index < -0.39 is 0 Å². The number of aromatic nitrogens is 3. The summed E-state index contributed by atoms with van der Waals surface area (Å²) in [5, 5.41) is 4.10. The second-order valence-electron chi connectivity index (χ2n) is 2.88. The lowest BCUT2D eigenvalue weighted by molar-refractivity contribution is 0.581. The van der Waals surface area contributed by atoms with Crippen molar-refractivity contribution in [3.8, 4) is 0 Å². The van der Waals surface area contributed by atoms with Crippen molar-refractivity contribution in [1.29, 1.82) is 0 Å². The van der Waals surface area contributed by atoms with E-state index in [1.54, 1.807) is 27.7 Å². The molecule has 0 aromatic carbocycles. The Labute approximate surface area is 85.5 Å². The molecule has 2 aromatic heterocycles. The average molecular weight is 209 g/mol. The Hall–Kier alpha value is -1.24. The molecule has 0 bridgehead atoms. The van der Waals surface area contributed by atoms with Gasteiger partial charge < -0.3 is 0 Å². The van der Waals surface area contributed by atoms with E-state index in [1.807, 2.05) is 19.3 Å². The molecule has 3 N–H and O–H groups in total. The van der Waals surface area contributed by atoms with E-state index >= 15 is 0 Å². The first-order chi connectivity index (χ1) is 6.83. The number of rotatable bonds is 3. The van der Waals surface area contributed by atoms with Gasteiger partial charge in [0, 0.05) is 24.3 Å². The van der Waals surface area contributed by atoms with E-state index in [0.29, 0.717) is 0 Å². The van der Waals surface area contributed by atoms with Gasteiger partial charge in [0.25, 0.3) is 0 Å². The minimum absolute atomic E-state index is 0.0324. The average Bonchev–Trinajstić information content (AvgIpc) is 2.80. The molecule has 1 unspecified atom stereocenters. The van der Waals surface area contributed by atoms with Crippen LogP contribution in [0.3, 0.4) is 0 Å². The summed E-state index contributed by atoms with van der Waals surface area (Å²) in [4.78, 5) is 5.10. The molecular weight excluding hydrogens is 198 g/mol. The highest BCUT2D eigenvalue weighted by Gasteiger charge is 2.16. The second kappa shape index (κ2) is 3.87.